The van der Waals surface area contributed by atoms with Gasteiger partial charge in [0, 0.05) is 26.3 Å². The number of imidazole rings is 1. The molecule has 1 spiro atoms. The van der Waals surface area contributed by atoms with Gasteiger partial charge in [-0.3, -0.25) is 14.6 Å². The van der Waals surface area contributed by atoms with Crippen LogP contribution in [0.5, 0.6) is 0 Å². The minimum Gasteiger partial charge on any atom is -0.335 e. The zero-order chi connectivity index (χ0) is 18.1. The second-order valence-electron chi connectivity index (χ2n) is 7.13. The summed E-state index contributed by atoms with van der Waals surface area (Å²) >= 11 is 0. The first kappa shape index (κ1) is 16.8. The highest BCUT2D eigenvalue weighted by Crippen LogP contribution is 2.39. The van der Waals surface area contributed by atoms with Crippen LogP contribution in [0.15, 0.2) is 36.9 Å². The summed E-state index contributed by atoms with van der Waals surface area (Å²) in [7, 11) is 1.80. The monoisotopic (exact) mass is 353 g/mol. The van der Waals surface area contributed by atoms with Crippen LogP contribution in [-0.4, -0.2) is 54.8 Å². The molecule has 2 aromatic rings. The van der Waals surface area contributed by atoms with Crippen molar-refractivity contribution in [2.45, 2.75) is 37.8 Å². The van der Waals surface area contributed by atoms with E-state index in [1.165, 1.54) is 0 Å². The minimum absolute atomic E-state index is 0.0578. The second kappa shape index (κ2) is 6.55. The molecule has 136 valence electrons. The van der Waals surface area contributed by atoms with Crippen LogP contribution in [0.1, 0.15) is 41.9 Å². The normalized spacial score (nSPS) is 23.0. The summed E-state index contributed by atoms with van der Waals surface area (Å²) in [6.45, 7) is 1.83. The molecule has 26 heavy (non-hydrogen) atoms. The first-order chi connectivity index (χ1) is 12.6. The number of carbonyl (C=O) groups excluding carboxylic acids is 2. The number of rotatable bonds is 3. The summed E-state index contributed by atoms with van der Waals surface area (Å²) < 4.78 is 1.72. The zero-order valence-corrected chi connectivity index (χ0v) is 15.0. The Kier molecular flexibility index (Phi) is 4.22. The van der Waals surface area contributed by atoms with E-state index in [9.17, 15) is 9.59 Å². The van der Waals surface area contributed by atoms with Crippen molar-refractivity contribution in [2.24, 2.45) is 7.05 Å². The summed E-state index contributed by atoms with van der Waals surface area (Å²) in [6.07, 6.45) is 8.15. The number of carbonyl (C=O) groups is 2. The molecular formula is C19H23N5O2. The van der Waals surface area contributed by atoms with Gasteiger partial charge in [-0.25, -0.2) is 4.98 Å². The predicted molar refractivity (Wildman–Crippen MR) is 95.1 cm³/mol. The van der Waals surface area contributed by atoms with Crippen LogP contribution in [0, 0.1) is 0 Å². The molecule has 2 aliphatic rings. The molecule has 2 aromatic heterocycles. The standard InChI is InChI=1S/C19H23N5O2/c1-22-14-20-12-16(22)17(25)24-11-5-8-19(24)7-4-10-23(18(19)26)13-15-6-2-3-9-21-15/h2-3,6,9,12,14H,4-5,7-8,10-11,13H2,1H3. The van der Waals surface area contributed by atoms with Gasteiger partial charge in [-0.2, -0.15) is 0 Å². The topological polar surface area (TPSA) is 71.3 Å². The maximum Gasteiger partial charge on any atom is 0.273 e. The van der Waals surface area contributed by atoms with Crippen LogP contribution in [0.4, 0.5) is 0 Å². The Hall–Kier alpha value is -2.70. The number of likely N-dealkylation sites (tertiary alicyclic amines) is 2. The SMILES string of the molecule is Cn1cncc1C(=O)N1CCCC12CCCN(Cc1ccccn1)C2=O. The van der Waals surface area contributed by atoms with Gasteiger partial charge >= 0.3 is 0 Å². The average Bonchev–Trinajstić information content (AvgIpc) is 3.26. The predicted octanol–water partition coefficient (Wildman–Crippen LogP) is 1.61. The lowest BCUT2D eigenvalue weighted by molar-refractivity contribution is -0.146. The van der Waals surface area contributed by atoms with E-state index in [1.54, 1.807) is 35.2 Å². The molecule has 1 atom stereocenters. The molecule has 0 aliphatic carbocycles. The van der Waals surface area contributed by atoms with Crippen molar-refractivity contribution in [3.8, 4) is 0 Å². The number of hydrogen-bond acceptors (Lipinski definition) is 4. The molecule has 2 amide bonds. The lowest BCUT2D eigenvalue weighted by Crippen LogP contribution is -2.61. The van der Waals surface area contributed by atoms with E-state index < -0.39 is 5.54 Å². The molecule has 1 unspecified atom stereocenters. The van der Waals surface area contributed by atoms with Crippen LogP contribution < -0.4 is 0 Å². The summed E-state index contributed by atoms with van der Waals surface area (Å²) in [5.41, 5.74) is 0.690. The van der Waals surface area contributed by atoms with Crippen LogP contribution in [0.3, 0.4) is 0 Å². The molecule has 2 aliphatic heterocycles. The number of amides is 2. The van der Waals surface area contributed by atoms with Crippen molar-refractivity contribution >= 4 is 11.8 Å². The average molecular weight is 353 g/mol. The molecule has 0 N–H and O–H groups in total. The van der Waals surface area contributed by atoms with Crippen molar-refractivity contribution in [3.63, 3.8) is 0 Å². The minimum atomic E-state index is -0.714. The Labute approximate surface area is 152 Å². The van der Waals surface area contributed by atoms with E-state index in [2.05, 4.69) is 9.97 Å². The number of aromatic nitrogens is 3. The fraction of sp³-hybridized carbons (Fsp3) is 0.474. The Morgan fingerprint density at radius 3 is 2.73 bits per heavy atom. The van der Waals surface area contributed by atoms with Gasteiger partial charge in [-0.15, -0.1) is 0 Å². The number of hydrogen-bond donors (Lipinski definition) is 0. The van der Waals surface area contributed by atoms with E-state index in [0.29, 0.717) is 25.3 Å². The molecule has 7 nitrogen and oxygen atoms in total. The number of aryl methyl sites for hydroxylation is 1. The maximum absolute atomic E-state index is 13.4. The smallest absolute Gasteiger partial charge is 0.273 e. The largest absolute Gasteiger partial charge is 0.335 e. The third-order valence-corrected chi connectivity index (χ3v) is 5.55. The van der Waals surface area contributed by atoms with E-state index in [-0.39, 0.29) is 11.8 Å². The second-order valence-corrected chi connectivity index (χ2v) is 7.13. The summed E-state index contributed by atoms with van der Waals surface area (Å²) in [4.78, 5) is 38.5. The Balaban J connectivity index is 1.60. The molecule has 0 aromatic carbocycles. The molecule has 2 saturated heterocycles. The summed E-state index contributed by atoms with van der Waals surface area (Å²) in [5, 5.41) is 0. The summed E-state index contributed by atoms with van der Waals surface area (Å²) in [5.74, 6) is -0.0436. The highest BCUT2D eigenvalue weighted by atomic mass is 16.2. The van der Waals surface area contributed by atoms with Crippen molar-refractivity contribution in [3.05, 3.63) is 48.3 Å². The van der Waals surface area contributed by atoms with Gasteiger partial charge in [0.05, 0.1) is 24.8 Å². The van der Waals surface area contributed by atoms with Gasteiger partial charge in [0.25, 0.3) is 5.91 Å². The van der Waals surface area contributed by atoms with E-state index >= 15 is 0 Å². The first-order valence-corrected chi connectivity index (χ1v) is 9.09. The van der Waals surface area contributed by atoms with E-state index in [4.69, 9.17) is 0 Å². The van der Waals surface area contributed by atoms with Crippen molar-refractivity contribution in [1.29, 1.82) is 0 Å². The lowest BCUT2D eigenvalue weighted by Gasteiger charge is -2.44. The molecule has 0 radical (unpaired) electrons. The molecule has 4 rings (SSSR count). The van der Waals surface area contributed by atoms with Crippen LogP contribution in [-0.2, 0) is 18.4 Å². The van der Waals surface area contributed by atoms with Crippen LogP contribution >= 0.6 is 0 Å². The highest BCUT2D eigenvalue weighted by molar-refractivity contribution is 5.99. The number of nitrogens with zero attached hydrogens (tertiary/aromatic N) is 5. The van der Waals surface area contributed by atoms with Gasteiger partial charge in [0.1, 0.15) is 11.2 Å². The quantitative estimate of drug-likeness (QED) is 0.841. The lowest BCUT2D eigenvalue weighted by atomic mass is 9.85. The molecule has 0 saturated carbocycles. The van der Waals surface area contributed by atoms with Gasteiger partial charge in [0.2, 0.25) is 5.91 Å². The first-order valence-electron chi connectivity index (χ1n) is 9.09. The Morgan fingerprint density at radius 1 is 1.23 bits per heavy atom. The molecule has 2 fully saturated rings. The molecular weight excluding hydrogens is 330 g/mol. The number of piperidine rings is 1. The molecule has 0 bridgehead atoms. The van der Waals surface area contributed by atoms with Gasteiger partial charge < -0.3 is 14.4 Å². The van der Waals surface area contributed by atoms with Gasteiger partial charge in [0.15, 0.2) is 0 Å². The molecule has 7 heteroatoms. The van der Waals surface area contributed by atoms with Crippen molar-refractivity contribution in [1.82, 2.24) is 24.3 Å². The van der Waals surface area contributed by atoms with E-state index in [0.717, 1.165) is 31.4 Å². The van der Waals surface area contributed by atoms with Crippen molar-refractivity contribution < 1.29 is 9.59 Å². The third kappa shape index (κ3) is 2.67. The maximum atomic E-state index is 13.4. The van der Waals surface area contributed by atoms with Crippen LogP contribution in [0.25, 0.3) is 0 Å². The van der Waals surface area contributed by atoms with Gasteiger partial charge in [-0.1, -0.05) is 6.07 Å². The van der Waals surface area contributed by atoms with Crippen molar-refractivity contribution in [2.75, 3.05) is 13.1 Å². The fourth-order valence-corrected chi connectivity index (χ4v) is 4.26. The van der Waals surface area contributed by atoms with Gasteiger partial charge in [-0.05, 0) is 37.8 Å². The summed E-state index contributed by atoms with van der Waals surface area (Å²) in [6, 6.07) is 5.73. The van der Waals surface area contributed by atoms with Crippen LogP contribution in [0.2, 0.25) is 0 Å². The Morgan fingerprint density at radius 2 is 2.04 bits per heavy atom. The highest BCUT2D eigenvalue weighted by Gasteiger charge is 2.53. The van der Waals surface area contributed by atoms with E-state index in [1.807, 2.05) is 23.1 Å². The fourth-order valence-electron chi connectivity index (χ4n) is 4.26. The number of pyridine rings is 1. The Bertz CT molecular complexity index is 818. The molecule has 4 heterocycles. The third-order valence-electron chi connectivity index (χ3n) is 5.55. The zero-order valence-electron chi connectivity index (χ0n) is 15.0.